The van der Waals surface area contributed by atoms with E-state index in [0.29, 0.717) is 24.4 Å². The van der Waals surface area contributed by atoms with Gasteiger partial charge in [0.2, 0.25) is 0 Å². The molecule has 0 N–H and O–H groups in total. The Balaban J connectivity index is 1.15. The van der Waals surface area contributed by atoms with Crippen molar-refractivity contribution in [2.45, 2.75) is 238 Å². The van der Waals surface area contributed by atoms with Gasteiger partial charge >= 0.3 is 0 Å². The van der Waals surface area contributed by atoms with Gasteiger partial charge in [-0.15, -0.1) is 0 Å². The maximum Gasteiger partial charge on any atom is 0.185 e. The molecule has 8 aliphatic rings. The summed E-state index contributed by atoms with van der Waals surface area (Å²) in [7, 11) is -3.97. The van der Waals surface area contributed by atoms with Crippen molar-refractivity contribution in [1.82, 2.24) is 0 Å². The average Bonchev–Trinajstić information content (AvgIpc) is 4.05. The van der Waals surface area contributed by atoms with E-state index in [4.69, 9.17) is 13.6 Å². The van der Waals surface area contributed by atoms with Crippen LogP contribution in [0.25, 0.3) is 0 Å². The summed E-state index contributed by atoms with van der Waals surface area (Å²) in [6.07, 6.45) is 44.2. The monoisotopic (exact) mass is 654 g/mol. The molecular weight excluding hydrogens is 585 g/mol. The minimum Gasteiger partial charge on any atom is -0.454 e. The molecule has 0 radical (unpaired) electrons. The Labute approximate surface area is 279 Å². The zero-order chi connectivity index (χ0) is 30.1. The Morgan fingerprint density at radius 3 is 1.02 bits per heavy atom. The Hall–Kier alpha value is 0.314. The van der Waals surface area contributed by atoms with Gasteiger partial charge in [-0.3, -0.25) is 0 Å². The number of rotatable bonds is 12. The highest BCUT2D eigenvalue weighted by Gasteiger charge is 2.59. The molecule has 0 spiro atoms. The molecule has 5 heteroatoms. The summed E-state index contributed by atoms with van der Waals surface area (Å²) in [4.78, 5) is 0. The van der Waals surface area contributed by atoms with Crippen molar-refractivity contribution in [2.75, 3.05) is 0 Å². The van der Waals surface area contributed by atoms with Crippen LogP contribution in [0.2, 0.25) is 34.3 Å². The number of ether oxygens (including phenoxy) is 2. The second-order valence-electron chi connectivity index (χ2n) is 18.2. The molecule has 6 saturated carbocycles. The summed E-state index contributed by atoms with van der Waals surface area (Å²) < 4.78 is 21.2. The molecule has 2 heterocycles. The molecule has 0 amide bonds. The average molecular weight is 655 g/mol. The minimum atomic E-state index is -1.99. The quantitative estimate of drug-likeness (QED) is 0.155. The molecule has 6 aliphatic carbocycles. The molecule has 2 saturated heterocycles. The lowest BCUT2D eigenvalue weighted by molar-refractivity contribution is 0.312. The van der Waals surface area contributed by atoms with Crippen LogP contribution in [0.4, 0.5) is 0 Å². The van der Waals surface area contributed by atoms with Gasteiger partial charge in [0.15, 0.2) is 16.6 Å². The van der Waals surface area contributed by atoms with E-state index in [9.17, 15) is 0 Å². The van der Waals surface area contributed by atoms with Gasteiger partial charge < -0.3 is 13.6 Å². The molecule has 8 fully saturated rings. The van der Waals surface area contributed by atoms with Crippen LogP contribution in [-0.4, -0.2) is 41.1 Å². The highest BCUT2D eigenvalue weighted by atomic mass is 28.4. The molecular formula is C40H70O3Si2. The lowest BCUT2D eigenvalue weighted by Gasteiger charge is -2.57. The first-order chi connectivity index (χ1) is 22.2. The normalized spacial score (nSPS) is 37.6. The highest BCUT2D eigenvalue weighted by Crippen LogP contribution is 2.60. The van der Waals surface area contributed by atoms with Crippen LogP contribution in [0.15, 0.2) is 0 Å². The summed E-state index contributed by atoms with van der Waals surface area (Å²) in [5.41, 5.74) is 3.88. The molecule has 0 aromatic heterocycles. The lowest BCUT2D eigenvalue weighted by atomic mass is 9.87. The maximum atomic E-state index is 9.06. The van der Waals surface area contributed by atoms with Crippen molar-refractivity contribution < 1.29 is 13.6 Å². The maximum absolute atomic E-state index is 9.06. The molecule has 0 aromatic carbocycles. The van der Waals surface area contributed by atoms with Gasteiger partial charge in [0.25, 0.3) is 0 Å². The van der Waals surface area contributed by atoms with Gasteiger partial charge in [0.05, 0.1) is 24.4 Å². The first-order valence-electron chi connectivity index (χ1n) is 21.2. The first-order valence-corrected chi connectivity index (χ1v) is 25.8. The molecule has 0 bridgehead atoms. The number of epoxide rings is 2. The number of hydrogen-bond acceptors (Lipinski definition) is 3. The number of hydrogen-bond donors (Lipinski definition) is 0. The second-order valence-corrected chi connectivity index (χ2v) is 27.1. The third-order valence-electron chi connectivity index (χ3n) is 15.7. The van der Waals surface area contributed by atoms with Crippen molar-refractivity contribution in [3.8, 4) is 0 Å². The van der Waals surface area contributed by atoms with Crippen molar-refractivity contribution in [1.29, 1.82) is 0 Å². The van der Waals surface area contributed by atoms with E-state index >= 15 is 0 Å². The van der Waals surface area contributed by atoms with E-state index in [1.54, 1.807) is 12.1 Å². The van der Waals surface area contributed by atoms with E-state index in [1.807, 2.05) is 0 Å². The third-order valence-corrected chi connectivity index (χ3v) is 28.7. The van der Waals surface area contributed by atoms with Gasteiger partial charge in [-0.2, -0.15) is 0 Å². The van der Waals surface area contributed by atoms with Crippen LogP contribution >= 0.6 is 0 Å². The SMILES string of the molecule is C1CCC([Si](CCC2CCC3OC3C2)(O[Si](CCC2CCC3OC3C2)(C2CCCCC2)C2CCCCC2)C2CCCCC2)CC1. The Morgan fingerprint density at radius 1 is 0.378 bits per heavy atom. The summed E-state index contributed by atoms with van der Waals surface area (Å²) in [6, 6.07) is 3.08. The standard InChI is InChI=1S/C40H70O3Si2/c1-5-13-33(14-6-1)44(34-15-7-2-8-16-34,27-25-31-21-23-37-39(29-31)41-37)43-45(35-17-9-3-10-18-35,36-19-11-4-12-20-36)28-26-32-22-24-38-40(30-32)42-38/h31-40H,1-30H2. The zero-order valence-electron chi connectivity index (χ0n) is 29.2. The van der Waals surface area contributed by atoms with E-state index < -0.39 is 16.6 Å². The van der Waals surface area contributed by atoms with Crippen molar-refractivity contribution in [2.24, 2.45) is 11.8 Å². The Morgan fingerprint density at radius 2 is 0.711 bits per heavy atom. The molecule has 8 rings (SSSR count). The van der Waals surface area contributed by atoms with Gasteiger partial charge in [-0.25, -0.2) is 0 Å². The van der Waals surface area contributed by atoms with Gasteiger partial charge in [0.1, 0.15) is 0 Å². The van der Waals surface area contributed by atoms with Crippen molar-refractivity contribution in [3.05, 3.63) is 0 Å². The third kappa shape index (κ3) is 7.29. The van der Waals surface area contributed by atoms with Crippen LogP contribution in [0.1, 0.15) is 180 Å². The molecule has 2 aliphatic heterocycles. The molecule has 256 valence electrons. The summed E-state index contributed by atoms with van der Waals surface area (Å²) in [6.45, 7) is 0. The Kier molecular flexibility index (Phi) is 10.6. The fourth-order valence-electron chi connectivity index (χ4n) is 13.0. The predicted molar refractivity (Wildman–Crippen MR) is 191 cm³/mol. The second kappa shape index (κ2) is 14.7. The topological polar surface area (TPSA) is 34.3 Å². The van der Waals surface area contributed by atoms with Gasteiger partial charge in [-0.05, 0) is 84.6 Å². The summed E-state index contributed by atoms with van der Waals surface area (Å²) in [5.74, 6) is 1.84. The Bertz CT molecular complexity index is 824. The largest absolute Gasteiger partial charge is 0.454 e. The van der Waals surface area contributed by atoms with Crippen LogP contribution < -0.4 is 0 Å². The molecule has 6 unspecified atom stereocenters. The van der Waals surface area contributed by atoms with E-state index in [2.05, 4.69) is 0 Å². The lowest BCUT2D eigenvalue weighted by Crippen LogP contribution is -2.61. The molecule has 45 heavy (non-hydrogen) atoms. The van der Waals surface area contributed by atoms with Gasteiger partial charge in [0, 0.05) is 0 Å². The fraction of sp³-hybridized carbons (Fsp3) is 1.00. The molecule has 6 atom stereocenters. The van der Waals surface area contributed by atoms with Crippen LogP contribution in [0.3, 0.4) is 0 Å². The van der Waals surface area contributed by atoms with Gasteiger partial charge in [-0.1, -0.05) is 141 Å². The smallest absolute Gasteiger partial charge is 0.185 e. The van der Waals surface area contributed by atoms with Crippen LogP contribution in [0.5, 0.6) is 0 Å². The van der Waals surface area contributed by atoms with Crippen molar-refractivity contribution in [3.63, 3.8) is 0 Å². The van der Waals surface area contributed by atoms with E-state index in [1.165, 1.54) is 180 Å². The zero-order valence-corrected chi connectivity index (χ0v) is 31.2. The van der Waals surface area contributed by atoms with E-state index in [-0.39, 0.29) is 0 Å². The first kappa shape index (κ1) is 32.5. The highest BCUT2D eigenvalue weighted by molar-refractivity contribution is 6.90. The van der Waals surface area contributed by atoms with Crippen molar-refractivity contribution >= 4 is 16.6 Å². The predicted octanol–water partition coefficient (Wildman–Crippen LogP) is 12.1. The van der Waals surface area contributed by atoms with Crippen LogP contribution in [-0.2, 0) is 13.6 Å². The molecule has 0 aromatic rings. The van der Waals surface area contributed by atoms with Crippen LogP contribution in [0, 0.1) is 11.8 Å². The summed E-state index contributed by atoms with van der Waals surface area (Å²) >= 11 is 0. The van der Waals surface area contributed by atoms with E-state index in [0.717, 1.165) is 34.0 Å². The summed E-state index contributed by atoms with van der Waals surface area (Å²) in [5, 5.41) is 0. The number of fused-ring (bicyclic) bond motifs is 2. The minimum absolute atomic E-state index is 0.633. The molecule has 3 nitrogen and oxygen atoms in total. The fourth-order valence-corrected chi connectivity index (χ4v) is 29.5.